The lowest BCUT2D eigenvalue weighted by Crippen LogP contribution is -2.05. The molecule has 2 aromatic rings. The van der Waals surface area contributed by atoms with Gasteiger partial charge >= 0.3 is 0 Å². The minimum absolute atomic E-state index is 0.301. The molecule has 5 nitrogen and oxygen atoms in total. The number of aryl methyl sites for hydroxylation is 1. The Labute approximate surface area is 107 Å². The van der Waals surface area contributed by atoms with Gasteiger partial charge in [0.25, 0.3) is 0 Å². The highest BCUT2D eigenvalue weighted by atomic mass is 16.5. The zero-order chi connectivity index (χ0) is 13.3. The fourth-order valence-corrected chi connectivity index (χ4v) is 1.83. The molecule has 0 atom stereocenters. The lowest BCUT2D eigenvalue weighted by atomic mass is 10.2. The maximum absolute atomic E-state index is 5.81. The number of hydrogen-bond donors (Lipinski definition) is 1. The lowest BCUT2D eigenvalue weighted by Gasteiger charge is -2.10. The quantitative estimate of drug-likeness (QED) is 0.844. The van der Waals surface area contributed by atoms with Gasteiger partial charge in [-0.05, 0) is 19.1 Å². The molecule has 2 rings (SSSR count). The first-order valence-corrected chi connectivity index (χ1v) is 5.90. The van der Waals surface area contributed by atoms with Gasteiger partial charge in [-0.25, -0.2) is 9.67 Å². The average molecular weight is 246 g/mol. The van der Waals surface area contributed by atoms with E-state index in [4.69, 9.17) is 10.5 Å². The van der Waals surface area contributed by atoms with Gasteiger partial charge < -0.3 is 10.5 Å². The Hall–Kier alpha value is -2.04. The van der Waals surface area contributed by atoms with E-state index in [1.165, 1.54) is 0 Å². The van der Waals surface area contributed by atoms with Crippen molar-refractivity contribution in [2.75, 3.05) is 12.8 Å². The van der Waals surface area contributed by atoms with Gasteiger partial charge in [0.05, 0.1) is 18.5 Å². The summed E-state index contributed by atoms with van der Waals surface area (Å²) in [6, 6.07) is 5.60. The van der Waals surface area contributed by atoms with Crippen LogP contribution < -0.4 is 10.5 Å². The molecule has 0 amide bonds. The molecule has 18 heavy (non-hydrogen) atoms. The van der Waals surface area contributed by atoms with E-state index in [2.05, 4.69) is 23.9 Å². The maximum Gasteiger partial charge on any atom is 0.148 e. The number of anilines is 1. The smallest absolute Gasteiger partial charge is 0.148 e. The van der Waals surface area contributed by atoms with Crippen LogP contribution in [0, 0.1) is 6.92 Å². The van der Waals surface area contributed by atoms with Crippen LogP contribution in [-0.2, 0) is 0 Å². The van der Waals surface area contributed by atoms with Crippen molar-refractivity contribution in [3.8, 4) is 11.4 Å². The molecular weight excluding hydrogens is 228 g/mol. The van der Waals surface area contributed by atoms with E-state index >= 15 is 0 Å². The second-order valence-electron chi connectivity index (χ2n) is 4.51. The summed E-state index contributed by atoms with van der Waals surface area (Å²) >= 11 is 0. The number of hydrogen-bond acceptors (Lipinski definition) is 4. The van der Waals surface area contributed by atoms with Crippen molar-refractivity contribution in [3.63, 3.8) is 0 Å². The number of benzene rings is 1. The van der Waals surface area contributed by atoms with Crippen LogP contribution in [0.3, 0.4) is 0 Å². The summed E-state index contributed by atoms with van der Waals surface area (Å²) in [6.45, 7) is 6.07. The molecule has 0 aliphatic rings. The normalized spacial score (nSPS) is 10.9. The molecule has 0 bridgehead atoms. The second-order valence-corrected chi connectivity index (χ2v) is 4.51. The Morgan fingerprint density at radius 3 is 2.67 bits per heavy atom. The van der Waals surface area contributed by atoms with Crippen molar-refractivity contribution in [2.45, 2.75) is 26.7 Å². The standard InChI is InChI=1S/C13H18N4O/c1-8(2)13-15-9(3)16-17(13)10-5-6-11(14)12(7-10)18-4/h5-8H,14H2,1-4H3. The number of ether oxygens (including phenoxy) is 1. The zero-order valence-corrected chi connectivity index (χ0v) is 11.1. The third-order valence-electron chi connectivity index (χ3n) is 2.72. The Morgan fingerprint density at radius 2 is 2.06 bits per heavy atom. The first kappa shape index (κ1) is 12.4. The molecule has 0 saturated carbocycles. The van der Waals surface area contributed by atoms with Crippen LogP contribution in [0.1, 0.15) is 31.4 Å². The second kappa shape index (κ2) is 4.68. The van der Waals surface area contributed by atoms with Crippen LogP contribution in [-0.4, -0.2) is 21.9 Å². The van der Waals surface area contributed by atoms with E-state index in [1.54, 1.807) is 7.11 Å². The molecule has 5 heteroatoms. The molecule has 1 aromatic heterocycles. The first-order valence-electron chi connectivity index (χ1n) is 5.90. The van der Waals surface area contributed by atoms with Crippen molar-refractivity contribution in [2.24, 2.45) is 0 Å². The fourth-order valence-electron chi connectivity index (χ4n) is 1.83. The molecule has 0 radical (unpaired) electrons. The summed E-state index contributed by atoms with van der Waals surface area (Å²) in [4.78, 5) is 4.44. The molecule has 0 saturated heterocycles. The summed E-state index contributed by atoms with van der Waals surface area (Å²) in [5.74, 6) is 2.64. The summed E-state index contributed by atoms with van der Waals surface area (Å²) in [5, 5.41) is 4.42. The molecule has 96 valence electrons. The molecule has 0 aliphatic carbocycles. The highest BCUT2D eigenvalue weighted by Crippen LogP contribution is 2.25. The maximum atomic E-state index is 5.81. The number of rotatable bonds is 3. The highest BCUT2D eigenvalue weighted by molar-refractivity contribution is 5.57. The van der Waals surface area contributed by atoms with E-state index in [9.17, 15) is 0 Å². The zero-order valence-electron chi connectivity index (χ0n) is 11.1. The predicted molar refractivity (Wildman–Crippen MR) is 71.1 cm³/mol. The van der Waals surface area contributed by atoms with E-state index in [0.29, 0.717) is 17.4 Å². The minimum Gasteiger partial charge on any atom is -0.495 e. The van der Waals surface area contributed by atoms with Gasteiger partial charge in [0, 0.05) is 12.0 Å². The van der Waals surface area contributed by atoms with Crippen LogP contribution in [0.15, 0.2) is 18.2 Å². The highest BCUT2D eigenvalue weighted by Gasteiger charge is 2.13. The van der Waals surface area contributed by atoms with E-state index < -0.39 is 0 Å². The molecule has 2 N–H and O–H groups in total. The van der Waals surface area contributed by atoms with Crippen LogP contribution in [0.4, 0.5) is 5.69 Å². The predicted octanol–water partition coefficient (Wildman–Crippen LogP) is 2.29. The molecule has 1 aromatic carbocycles. The number of nitrogens with zero attached hydrogens (tertiary/aromatic N) is 3. The van der Waals surface area contributed by atoms with Crippen molar-refractivity contribution in [3.05, 3.63) is 29.8 Å². The number of methoxy groups -OCH3 is 1. The Balaban J connectivity index is 2.54. The summed E-state index contributed by atoms with van der Waals surface area (Å²) in [6.07, 6.45) is 0. The number of aromatic nitrogens is 3. The van der Waals surface area contributed by atoms with Crippen molar-refractivity contribution < 1.29 is 4.74 Å². The molecule has 0 spiro atoms. The molecule has 0 fully saturated rings. The van der Waals surface area contributed by atoms with Gasteiger partial charge in [-0.2, -0.15) is 5.10 Å². The topological polar surface area (TPSA) is 66.0 Å². The van der Waals surface area contributed by atoms with Gasteiger partial charge in [-0.15, -0.1) is 0 Å². The monoisotopic (exact) mass is 246 g/mol. The summed E-state index contributed by atoms with van der Waals surface area (Å²) in [5.41, 5.74) is 7.33. The molecular formula is C13H18N4O. The number of nitrogen functional groups attached to an aromatic ring is 1. The van der Waals surface area contributed by atoms with Gasteiger partial charge in [0.1, 0.15) is 17.4 Å². The van der Waals surface area contributed by atoms with E-state index in [-0.39, 0.29) is 0 Å². The van der Waals surface area contributed by atoms with Crippen LogP contribution >= 0.6 is 0 Å². The lowest BCUT2D eigenvalue weighted by molar-refractivity contribution is 0.416. The van der Waals surface area contributed by atoms with Crippen molar-refractivity contribution in [1.82, 2.24) is 14.8 Å². The van der Waals surface area contributed by atoms with Gasteiger partial charge in [-0.3, -0.25) is 0 Å². The van der Waals surface area contributed by atoms with Gasteiger partial charge in [-0.1, -0.05) is 13.8 Å². The first-order chi connectivity index (χ1) is 8.52. The van der Waals surface area contributed by atoms with E-state index in [0.717, 1.165) is 17.3 Å². The molecule has 0 aliphatic heterocycles. The summed E-state index contributed by atoms with van der Waals surface area (Å²) < 4.78 is 7.06. The van der Waals surface area contributed by atoms with Gasteiger partial charge in [0.15, 0.2) is 0 Å². The van der Waals surface area contributed by atoms with Crippen LogP contribution in [0.2, 0.25) is 0 Å². The Kier molecular flexibility index (Phi) is 3.23. The molecule has 0 unspecified atom stereocenters. The van der Waals surface area contributed by atoms with Crippen molar-refractivity contribution >= 4 is 5.69 Å². The van der Waals surface area contributed by atoms with E-state index in [1.807, 2.05) is 29.8 Å². The Morgan fingerprint density at radius 1 is 1.33 bits per heavy atom. The van der Waals surface area contributed by atoms with Crippen LogP contribution in [0.5, 0.6) is 5.75 Å². The van der Waals surface area contributed by atoms with Gasteiger partial charge in [0.2, 0.25) is 0 Å². The summed E-state index contributed by atoms with van der Waals surface area (Å²) in [7, 11) is 1.60. The fraction of sp³-hybridized carbons (Fsp3) is 0.385. The SMILES string of the molecule is COc1cc(-n2nc(C)nc2C(C)C)ccc1N. The third-order valence-corrected chi connectivity index (χ3v) is 2.72. The van der Waals surface area contributed by atoms with Crippen molar-refractivity contribution in [1.29, 1.82) is 0 Å². The Bertz CT molecular complexity index is 560. The van der Waals surface area contributed by atoms with Crippen LogP contribution in [0.25, 0.3) is 5.69 Å². The molecule has 1 heterocycles. The minimum atomic E-state index is 0.301. The largest absolute Gasteiger partial charge is 0.495 e. The third kappa shape index (κ3) is 2.16. The average Bonchev–Trinajstić information content (AvgIpc) is 2.72. The number of nitrogens with two attached hydrogens (primary N) is 1.